The number of esters is 1. The molecule has 0 saturated heterocycles. The van der Waals surface area contributed by atoms with Gasteiger partial charge < -0.3 is 9.84 Å². The van der Waals surface area contributed by atoms with E-state index in [1.807, 2.05) is 20.8 Å². The molecule has 0 bridgehead atoms. The molecule has 3 nitrogen and oxygen atoms in total. The lowest BCUT2D eigenvalue weighted by molar-refractivity contribution is -0.172. The van der Waals surface area contributed by atoms with Crippen LogP contribution in [0.2, 0.25) is 0 Å². The second kappa shape index (κ2) is 5.60. The summed E-state index contributed by atoms with van der Waals surface area (Å²) < 4.78 is 5.39. The first-order valence-corrected chi connectivity index (χ1v) is 7.13. The standard InChI is InChI=1S/C15H28O3/c1-6-12-8-7-9-15(17,10-12)11(2)13(16)18-14(3,4)5/h11-12,17H,6-10H2,1-5H3. The van der Waals surface area contributed by atoms with Gasteiger partial charge >= 0.3 is 5.97 Å². The molecule has 3 heteroatoms. The Morgan fingerprint density at radius 3 is 2.61 bits per heavy atom. The lowest BCUT2D eigenvalue weighted by atomic mass is 9.71. The third-order valence-corrected chi connectivity index (χ3v) is 4.01. The van der Waals surface area contributed by atoms with E-state index in [0.717, 1.165) is 19.3 Å². The van der Waals surface area contributed by atoms with E-state index >= 15 is 0 Å². The highest BCUT2D eigenvalue weighted by molar-refractivity contribution is 5.74. The molecule has 106 valence electrons. The summed E-state index contributed by atoms with van der Waals surface area (Å²) >= 11 is 0. The monoisotopic (exact) mass is 256 g/mol. The fraction of sp³-hybridized carbons (Fsp3) is 0.933. The molecule has 1 saturated carbocycles. The maximum Gasteiger partial charge on any atom is 0.312 e. The van der Waals surface area contributed by atoms with E-state index in [2.05, 4.69) is 6.92 Å². The Balaban J connectivity index is 2.69. The van der Waals surface area contributed by atoms with Gasteiger partial charge in [0, 0.05) is 0 Å². The van der Waals surface area contributed by atoms with Gasteiger partial charge in [-0.15, -0.1) is 0 Å². The molecule has 0 aromatic rings. The first kappa shape index (κ1) is 15.5. The van der Waals surface area contributed by atoms with Crippen LogP contribution in [0, 0.1) is 11.8 Å². The number of rotatable bonds is 3. The van der Waals surface area contributed by atoms with Crippen molar-refractivity contribution in [2.75, 3.05) is 0 Å². The van der Waals surface area contributed by atoms with Gasteiger partial charge in [0.25, 0.3) is 0 Å². The van der Waals surface area contributed by atoms with Crippen molar-refractivity contribution in [2.45, 2.75) is 77.9 Å². The first-order valence-electron chi connectivity index (χ1n) is 7.13. The van der Waals surface area contributed by atoms with Gasteiger partial charge in [-0.25, -0.2) is 0 Å². The average molecular weight is 256 g/mol. The Morgan fingerprint density at radius 1 is 1.50 bits per heavy atom. The number of hydrogen-bond acceptors (Lipinski definition) is 3. The maximum atomic E-state index is 12.1. The minimum Gasteiger partial charge on any atom is -0.460 e. The van der Waals surface area contributed by atoms with Gasteiger partial charge in [0.1, 0.15) is 5.60 Å². The van der Waals surface area contributed by atoms with Crippen molar-refractivity contribution in [3.8, 4) is 0 Å². The zero-order valence-electron chi connectivity index (χ0n) is 12.5. The summed E-state index contributed by atoms with van der Waals surface area (Å²) in [6.45, 7) is 9.52. The molecule has 0 amide bonds. The molecule has 18 heavy (non-hydrogen) atoms. The van der Waals surface area contributed by atoms with Gasteiger partial charge in [-0.05, 0) is 46.5 Å². The average Bonchev–Trinajstić information content (AvgIpc) is 2.25. The Labute approximate surface area is 111 Å². The fourth-order valence-electron chi connectivity index (χ4n) is 2.75. The van der Waals surface area contributed by atoms with Crippen molar-refractivity contribution < 1.29 is 14.6 Å². The highest BCUT2D eigenvalue weighted by atomic mass is 16.6. The van der Waals surface area contributed by atoms with Crippen LogP contribution in [0.5, 0.6) is 0 Å². The van der Waals surface area contributed by atoms with Crippen molar-refractivity contribution in [3.63, 3.8) is 0 Å². The highest BCUT2D eigenvalue weighted by Crippen LogP contribution is 2.39. The van der Waals surface area contributed by atoms with Crippen LogP contribution in [0.25, 0.3) is 0 Å². The van der Waals surface area contributed by atoms with Crippen LogP contribution in [-0.2, 0) is 9.53 Å². The molecule has 1 N–H and O–H groups in total. The predicted octanol–water partition coefficient (Wildman–Crippen LogP) is 3.30. The van der Waals surface area contributed by atoms with Crippen LogP contribution in [-0.4, -0.2) is 22.3 Å². The summed E-state index contributed by atoms with van der Waals surface area (Å²) in [7, 11) is 0. The van der Waals surface area contributed by atoms with Gasteiger partial charge in [0.05, 0.1) is 11.5 Å². The Hall–Kier alpha value is -0.570. The third-order valence-electron chi connectivity index (χ3n) is 4.01. The van der Waals surface area contributed by atoms with Crippen LogP contribution in [0.1, 0.15) is 66.7 Å². The molecule has 0 radical (unpaired) electrons. The molecule has 1 aliphatic carbocycles. The van der Waals surface area contributed by atoms with Crippen LogP contribution < -0.4 is 0 Å². The molecule has 3 unspecified atom stereocenters. The number of carbonyl (C=O) groups is 1. The Bertz CT molecular complexity index is 293. The normalized spacial score (nSPS) is 30.9. The Morgan fingerprint density at radius 2 is 2.11 bits per heavy atom. The summed E-state index contributed by atoms with van der Waals surface area (Å²) in [5.41, 5.74) is -1.36. The molecule has 1 fully saturated rings. The van der Waals surface area contributed by atoms with E-state index in [9.17, 15) is 9.90 Å². The van der Waals surface area contributed by atoms with E-state index in [1.54, 1.807) is 6.92 Å². The van der Waals surface area contributed by atoms with Gasteiger partial charge in [-0.3, -0.25) is 4.79 Å². The second-order valence-electron chi connectivity index (χ2n) is 6.73. The predicted molar refractivity (Wildman–Crippen MR) is 72.2 cm³/mol. The van der Waals surface area contributed by atoms with Crippen molar-refractivity contribution >= 4 is 5.97 Å². The van der Waals surface area contributed by atoms with Crippen LogP contribution in [0.3, 0.4) is 0 Å². The topological polar surface area (TPSA) is 46.5 Å². The molecule has 1 rings (SSSR count). The van der Waals surface area contributed by atoms with Crippen LogP contribution >= 0.6 is 0 Å². The van der Waals surface area contributed by atoms with Gasteiger partial charge in [0.15, 0.2) is 0 Å². The molecule has 3 atom stereocenters. The lowest BCUT2D eigenvalue weighted by Crippen LogP contribution is -2.46. The SMILES string of the molecule is CCC1CCCC(O)(C(C)C(=O)OC(C)(C)C)C1. The van der Waals surface area contributed by atoms with E-state index in [0.29, 0.717) is 12.3 Å². The zero-order valence-corrected chi connectivity index (χ0v) is 12.5. The number of ether oxygens (including phenoxy) is 1. The van der Waals surface area contributed by atoms with Gasteiger partial charge in [-0.2, -0.15) is 0 Å². The third kappa shape index (κ3) is 3.98. The Kier molecular flexibility index (Phi) is 4.82. The van der Waals surface area contributed by atoms with Crippen molar-refractivity contribution in [1.82, 2.24) is 0 Å². The number of carbonyl (C=O) groups excluding carboxylic acids is 1. The summed E-state index contributed by atoms with van der Waals surface area (Å²) in [4.78, 5) is 12.1. The fourth-order valence-corrected chi connectivity index (χ4v) is 2.75. The molecule has 0 aromatic heterocycles. The second-order valence-corrected chi connectivity index (χ2v) is 6.73. The van der Waals surface area contributed by atoms with Crippen LogP contribution in [0.15, 0.2) is 0 Å². The zero-order chi connectivity index (χ0) is 14.0. The first-order chi connectivity index (χ1) is 8.18. The maximum absolute atomic E-state index is 12.1. The minimum absolute atomic E-state index is 0.276. The molecule has 0 aromatic carbocycles. The molecular weight excluding hydrogens is 228 g/mol. The lowest BCUT2D eigenvalue weighted by Gasteiger charge is -2.40. The molecule has 0 heterocycles. The summed E-state index contributed by atoms with van der Waals surface area (Å²) in [5.74, 6) is -0.179. The summed E-state index contributed by atoms with van der Waals surface area (Å²) in [6, 6.07) is 0. The van der Waals surface area contributed by atoms with Crippen molar-refractivity contribution in [1.29, 1.82) is 0 Å². The van der Waals surface area contributed by atoms with Gasteiger partial charge in [-0.1, -0.05) is 26.2 Å². The minimum atomic E-state index is -0.874. The van der Waals surface area contributed by atoms with Crippen molar-refractivity contribution in [2.24, 2.45) is 11.8 Å². The quantitative estimate of drug-likeness (QED) is 0.788. The van der Waals surface area contributed by atoms with Crippen molar-refractivity contribution in [3.05, 3.63) is 0 Å². The van der Waals surface area contributed by atoms with E-state index < -0.39 is 17.1 Å². The molecule has 1 aliphatic rings. The van der Waals surface area contributed by atoms with E-state index in [1.165, 1.54) is 6.42 Å². The largest absolute Gasteiger partial charge is 0.460 e. The molecule has 0 aliphatic heterocycles. The van der Waals surface area contributed by atoms with E-state index in [-0.39, 0.29) is 5.97 Å². The molecule has 0 spiro atoms. The molecular formula is C15H28O3. The smallest absolute Gasteiger partial charge is 0.312 e. The van der Waals surface area contributed by atoms with E-state index in [4.69, 9.17) is 4.74 Å². The highest BCUT2D eigenvalue weighted by Gasteiger charge is 2.43. The summed E-state index contributed by atoms with van der Waals surface area (Å²) in [5, 5.41) is 10.7. The summed E-state index contributed by atoms with van der Waals surface area (Å²) in [6.07, 6.45) is 4.68. The number of aliphatic hydroxyl groups is 1. The van der Waals surface area contributed by atoms with Crippen LogP contribution in [0.4, 0.5) is 0 Å². The van der Waals surface area contributed by atoms with Gasteiger partial charge in [0.2, 0.25) is 0 Å². The number of hydrogen-bond donors (Lipinski definition) is 1.